The van der Waals surface area contributed by atoms with Crippen LogP contribution in [0.1, 0.15) is 11.1 Å². The molecule has 0 bridgehead atoms. The topological polar surface area (TPSA) is 97.0 Å². The Hall–Kier alpha value is -3.55. The van der Waals surface area contributed by atoms with E-state index in [9.17, 15) is 14.4 Å². The number of hydrazine groups is 1. The fraction of sp³-hybridized carbons (Fsp3) is 0.250. The second-order valence-electron chi connectivity index (χ2n) is 6.32. The van der Waals surface area contributed by atoms with Crippen LogP contribution in [0.4, 0.5) is 5.69 Å². The van der Waals surface area contributed by atoms with Crippen LogP contribution in [0.2, 0.25) is 0 Å². The summed E-state index contributed by atoms with van der Waals surface area (Å²) in [7, 11) is 1.53. The number of nitrogens with one attached hydrogen (secondary N) is 2. The Labute approximate surface area is 162 Å². The standard InChI is InChI=1S/C20H21N3O5/c1-13-7-8-16(27-2)14(9-13)10-18(24)21-22-19(25)11-23-15-5-3-4-6-17(15)28-12-20(23)26/h3-9H,10-12H2,1-2H3,(H,21,24)(H,22,25). The monoisotopic (exact) mass is 383 g/mol. The van der Waals surface area contributed by atoms with Crippen LogP contribution in [0.25, 0.3) is 0 Å². The predicted molar refractivity (Wildman–Crippen MR) is 102 cm³/mol. The van der Waals surface area contributed by atoms with Gasteiger partial charge in [-0.2, -0.15) is 0 Å². The number of ether oxygens (including phenoxy) is 2. The maximum atomic E-state index is 12.2. The Kier molecular flexibility index (Phi) is 5.78. The van der Waals surface area contributed by atoms with Gasteiger partial charge in [-0.25, -0.2) is 0 Å². The molecule has 0 saturated heterocycles. The molecule has 2 N–H and O–H groups in total. The van der Waals surface area contributed by atoms with E-state index in [-0.39, 0.29) is 25.5 Å². The van der Waals surface area contributed by atoms with Gasteiger partial charge in [-0.15, -0.1) is 0 Å². The quantitative estimate of drug-likeness (QED) is 0.754. The summed E-state index contributed by atoms with van der Waals surface area (Å²) < 4.78 is 10.6. The lowest BCUT2D eigenvalue weighted by atomic mass is 10.1. The number of amides is 3. The first kappa shape index (κ1) is 19.2. The van der Waals surface area contributed by atoms with Gasteiger partial charge in [0.25, 0.3) is 11.8 Å². The van der Waals surface area contributed by atoms with Crippen LogP contribution in [0, 0.1) is 6.92 Å². The fourth-order valence-electron chi connectivity index (χ4n) is 2.91. The minimum Gasteiger partial charge on any atom is -0.496 e. The summed E-state index contributed by atoms with van der Waals surface area (Å²) in [4.78, 5) is 37.8. The van der Waals surface area contributed by atoms with Crippen LogP contribution in [0.5, 0.6) is 11.5 Å². The van der Waals surface area contributed by atoms with Gasteiger partial charge in [-0.3, -0.25) is 30.1 Å². The highest BCUT2D eigenvalue weighted by Crippen LogP contribution is 2.31. The van der Waals surface area contributed by atoms with Crippen LogP contribution in [0.15, 0.2) is 42.5 Å². The number of benzene rings is 2. The van der Waals surface area contributed by atoms with Gasteiger partial charge in [0.2, 0.25) is 5.91 Å². The predicted octanol–water partition coefficient (Wildman–Crippen LogP) is 1.12. The summed E-state index contributed by atoms with van der Waals surface area (Å²) in [6, 6.07) is 12.5. The molecular formula is C20H21N3O5. The van der Waals surface area contributed by atoms with Crippen LogP contribution < -0.4 is 25.2 Å². The molecule has 28 heavy (non-hydrogen) atoms. The van der Waals surface area contributed by atoms with Gasteiger partial charge < -0.3 is 9.47 Å². The largest absolute Gasteiger partial charge is 0.496 e. The molecule has 0 unspecified atom stereocenters. The van der Waals surface area contributed by atoms with E-state index in [1.165, 1.54) is 12.0 Å². The molecule has 8 nitrogen and oxygen atoms in total. The number of carbonyl (C=O) groups is 3. The van der Waals surface area contributed by atoms with E-state index in [0.717, 1.165) is 5.56 Å². The zero-order valence-electron chi connectivity index (χ0n) is 15.7. The van der Waals surface area contributed by atoms with Gasteiger partial charge in [0.15, 0.2) is 6.61 Å². The Balaban J connectivity index is 1.57. The normalized spacial score (nSPS) is 12.6. The van der Waals surface area contributed by atoms with E-state index in [1.807, 2.05) is 19.1 Å². The van der Waals surface area contributed by atoms with Gasteiger partial charge in [-0.1, -0.05) is 29.8 Å². The van der Waals surface area contributed by atoms with Crippen LogP contribution in [-0.2, 0) is 20.8 Å². The SMILES string of the molecule is COc1ccc(C)cc1CC(=O)NNC(=O)CN1C(=O)COc2ccccc21. The summed E-state index contributed by atoms with van der Waals surface area (Å²) in [6.07, 6.45) is 0.0461. The molecule has 0 atom stereocenters. The highest BCUT2D eigenvalue weighted by molar-refractivity contribution is 6.02. The van der Waals surface area contributed by atoms with Crippen molar-refractivity contribution in [2.45, 2.75) is 13.3 Å². The number of hydrogen-bond donors (Lipinski definition) is 2. The van der Waals surface area contributed by atoms with Gasteiger partial charge in [0.1, 0.15) is 18.0 Å². The minimum atomic E-state index is -0.519. The number of fused-ring (bicyclic) bond motifs is 1. The molecule has 1 heterocycles. The van der Waals surface area contributed by atoms with Crippen molar-refractivity contribution in [1.82, 2.24) is 10.9 Å². The van der Waals surface area contributed by atoms with E-state index in [2.05, 4.69) is 10.9 Å². The molecule has 0 aliphatic carbocycles. The maximum Gasteiger partial charge on any atom is 0.265 e. The van der Waals surface area contributed by atoms with Crippen molar-refractivity contribution < 1.29 is 23.9 Å². The van der Waals surface area contributed by atoms with E-state index in [4.69, 9.17) is 9.47 Å². The van der Waals surface area contributed by atoms with Crippen LogP contribution in [0.3, 0.4) is 0 Å². The van der Waals surface area contributed by atoms with Crippen molar-refractivity contribution in [2.24, 2.45) is 0 Å². The minimum absolute atomic E-state index is 0.0461. The molecule has 0 radical (unpaired) electrons. The molecule has 1 aliphatic heterocycles. The van der Waals surface area contributed by atoms with Crippen molar-refractivity contribution >= 4 is 23.4 Å². The van der Waals surface area contributed by atoms with E-state index >= 15 is 0 Å². The van der Waals surface area contributed by atoms with E-state index in [1.54, 1.807) is 30.3 Å². The first-order valence-corrected chi connectivity index (χ1v) is 8.71. The van der Waals surface area contributed by atoms with Gasteiger partial charge in [0.05, 0.1) is 19.2 Å². The van der Waals surface area contributed by atoms with Gasteiger partial charge in [-0.05, 0) is 25.1 Å². The number of nitrogens with zero attached hydrogens (tertiary/aromatic N) is 1. The Morgan fingerprint density at radius 1 is 1.14 bits per heavy atom. The van der Waals surface area contributed by atoms with Crippen LogP contribution in [-0.4, -0.2) is 38.0 Å². The second kappa shape index (κ2) is 8.43. The number of carbonyl (C=O) groups excluding carboxylic acids is 3. The maximum absolute atomic E-state index is 12.2. The van der Waals surface area contributed by atoms with Crippen LogP contribution >= 0.6 is 0 Å². The molecule has 2 aromatic rings. The zero-order valence-corrected chi connectivity index (χ0v) is 15.7. The van der Waals surface area contributed by atoms with Crippen molar-refractivity contribution in [3.05, 3.63) is 53.6 Å². The highest BCUT2D eigenvalue weighted by atomic mass is 16.5. The Morgan fingerprint density at radius 3 is 2.68 bits per heavy atom. The average Bonchev–Trinajstić information content (AvgIpc) is 2.69. The molecule has 146 valence electrons. The summed E-state index contributed by atoms with van der Waals surface area (Å²) in [5.74, 6) is -0.113. The van der Waals surface area contributed by atoms with Gasteiger partial charge >= 0.3 is 0 Å². The number of rotatable bonds is 5. The lowest BCUT2D eigenvalue weighted by Crippen LogP contribution is -2.50. The number of anilines is 1. The summed E-state index contributed by atoms with van der Waals surface area (Å²) in [5, 5.41) is 0. The Bertz CT molecular complexity index is 912. The summed E-state index contributed by atoms with van der Waals surface area (Å²) in [5.41, 5.74) is 6.94. The smallest absolute Gasteiger partial charge is 0.265 e. The summed E-state index contributed by atoms with van der Waals surface area (Å²) in [6.45, 7) is 1.55. The molecule has 8 heteroatoms. The zero-order chi connectivity index (χ0) is 20.1. The molecule has 3 rings (SSSR count). The third-order valence-electron chi connectivity index (χ3n) is 4.24. The fourth-order valence-corrected chi connectivity index (χ4v) is 2.91. The lowest BCUT2D eigenvalue weighted by molar-refractivity contribution is -0.129. The molecule has 0 fully saturated rings. The van der Waals surface area contributed by atoms with Crippen molar-refractivity contribution in [3.8, 4) is 11.5 Å². The van der Waals surface area contributed by atoms with Gasteiger partial charge in [0, 0.05) is 5.56 Å². The second-order valence-corrected chi connectivity index (χ2v) is 6.32. The van der Waals surface area contributed by atoms with Crippen molar-refractivity contribution in [3.63, 3.8) is 0 Å². The molecule has 0 spiro atoms. The molecular weight excluding hydrogens is 362 g/mol. The van der Waals surface area contributed by atoms with E-state index < -0.39 is 11.8 Å². The average molecular weight is 383 g/mol. The number of para-hydroxylation sites is 2. The molecule has 1 aliphatic rings. The lowest BCUT2D eigenvalue weighted by Gasteiger charge is -2.28. The molecule has 3 amide bonds. The Morgan fingerprint density at radius 2 is 1.89 bits per heavy atom. The molecule has 0 aromatic heterocycles. The summed E-state index contributed by atoms with van der Waals surface area (Å²) >= 11 is 0. The molecule has 2 aromatic carbocycles. The van der Waals surface area contributed by atoms with E-state index in [0.29, 0.717) is 22.7 Å². The highest BCUT2D eigenvalue weighted by Gasteiger charge is 2.27. The third kappa shape index (κ3) is 4.40. The van der Waals surface area contributed by atoms with Crippen molar-refractivity contribution in [2.75, 3.05) is 25.2 Å². The molecule has 0 saturated carbocycles. The van der Waals surface area contributed by atoms with Crippen molar-refractivity contribution in [1.29, 1.82) is 0 Å². The first-order valence-electron chi connectivity index (χ1n) is 8.71. The third-order valence-corrected chi connectivity index (χ3v) is 4.24. The number of aryl methyl sites for hydroxylation is 1. The first-order chi connectivity index (χ1) is 13.5. The number of methoxy groups -OCH3 is 1. The number of hydrogen-bond acceptors (Lipinski definition) is 5.